The summed E-state index contributed by atoms with van der Waals surface area (Å²) in [6.45, 7) is 0. The molecule has 7 heteroatoms. The van der Waals surface area contributed by atoms with Crippen LogP contribution in [0, 0.1) is 5.82 Å². The number of hydrazone groups is 1. The summed E-state index contributed by atoms with van der Waals surface area (Å²) in [7, 11) is 0. The van der Waals surface area contributed by atoms with E-state index in [0.29, 0.717) is 16.5 Å². The molecular formula is C17H13FN4O2. The van der Waals surface area contributed by atoms with Crippen molar-refractivity contribution in [1.82, 2.24) is 15.6 Å². The van der Waals surface area contributed by atoms with E-state index in [0.717, 1.165) is 0 Å². The second-order valence-electron chi connectivity index (χ2n) is 5.04. The fourth-order valence-corrected chi connectivity index (χ4v) is 2.25. The van der Waals surface area contributed by atoms with Gasteiger partial charge in [-0.3, -0.25) is 9.59 Å². The molecule has 0 spiro atoms. The molecule has 2 aromatic carbocycles. The zero-order valence-corrected chi connectivity index (χ0v) is 12.5. The van der Waals surface area contributed by atoms with Gasteiger partial charge in [0, 0.05) is 10.9 Å². The summed E-state index contributed by atoms with van der Waals surface area (Å²) < 4.78 is 13.4. The molecule has 1 amide bonds. The number of aromatic nitrogens is 2. The van der Waals surface area contributed by atoms with Gasteiger partial charge in [0.1, 0.15) is 5.82 Å². The summed E-state index contributed by atoms with van der Waals surface area (Å²) in [5.74, 6) is -0.851. The first-order valence-electron chi connectivity index (χ1n) is 7.18. The normalized spacial score (nSPS) is 11.0. The van der Waals surface area contributed by atoms with E-state index in [4.69, 9.17) is 0 Å². The van der Waals surface area contributed by atoms with Crippen LogP contribution in [0.25, 0.3) is 10.8 Å². The van der Waals surface area contributed by atoms with Gasteiger partial charge in [-0.15, -0.1) is 0 Å². The molecule has 0 saturated heterocycles. The van der Waals surface area contributed by atoms with E-state index in [-0.39, 0.29) is 17.5 Å². The predicted octanol–water partition coefficient (Wildman–Crippen LogP) is 1.75. The predicted molar refractivity (Wildman–Crippen MR) is 88.2 cm³/mol. The fourth-order valence-electron chi connectivity index (χ4n) is 2.25. The smallest absolute Gasteiger partial charge is 0.272 e. The first kappa shape index (κ1) is 15.5. The van der Waals surface area contributed by atoms with Crippen molar-refractivity contribution in [3.63, 3.8) is 0 Å². The van der Waals surface area contributed by atoms with E-state index < -0.39 is 11.7 Å². The Morgan fingerprint density at radius 2 is 1.88 bits per heavy atom. The molecule has 3 rings (SSSR count). The summed E-state index contributed by atoms with van der Waals surface area (Å²) in [4.78, 5) is 23.7. The van der Waals surface area contributed by atoms with Crippen LogP contribution >= 0.6 is 0 Å². The van der Waals surface area contributed by atoms with Gasteiger partial charge < -0.3 is 0 Å². The molecule has 0 saturated carbocycles. The van der Waals surface area contributed by atoms with Crippen molar-refractivity contribution in [2.75, 3.05) is 0 Å². The summed E-state index contributed by atoms with van der Waals surface area (Å²) in [5, 5.41) is 11.1. The number of H-pyrrole nitrogens is 1. The van der Waals surface area contributed by atoms with E-state index in [9.17, 15) is 14.0 Å². The highest BCUT2D eigenvalue weighted by molar-refractivity contribution is 5.89. The van der Waals surface area contributed by atoms with Crippen LogP contribution in [-0.2, 0) is 11.2 Å². The Morgan fingerprint density at radius 3 is 2.67 bits per heavy atom. The maximum Gasteiger partial charge on any atom is 0.272 e. The summed E-state index contributed by atoms with van der Waals surface area (Å²) in [6.07, 6.45) is 1.16. The van der Waals surface area contributed by atoms with E-state index >= 15 is 0 Å². The highest BCUT2D eigenvalue weighted by atomic mass is 19.1. The maximum atomic E-state index is 13.4. The van der Waals surface area contributed by atoms with Crippen molar-refractivity contribution in [3.05, 3.63) is 76.0 Å². The lowest BCUT2D eigenvalue weighted by atomic mass is 10.1. The summed E-state index contributed by atoms with van der Waals surface area (Å²) in [6, 6.07) is 13.0. The van der Waals surface area contributed by atoms with Crippen LogP contribution in [0.5, 0.6) is 0 Å². The van der Waals surface area contributed by atoms with E-state index in [2.05, 4.69) is 20.7 Å². The lowest BCUT2D eigenvalue weighted by Crippen LogP contribution is -2.22. The summed E-state index contributed by atoms with van der Waals surface area (Å²) in [5.41, 5.74) is 2.71. The average Bonchev–Trinajstić information content (AvgIpc) is 2.59. The van der Waals surface area contributed by atoms with E-state index in [1.165, 1.54) is 12.3 Å². The molecule has 0 fully saturated rings. The minimum Gasteiger partial charge on any atom is -0.273 e. The zero-order valence-electron chi connectivity index (χ0n) is 12.5. The standard InChI is InChI=1S/C17H13FN4O2/c18-14-8-4-1-5-11(14)10-19-21-16(23)9-15-12-6-2-3-7-13(12)17(24)22-20-15/h1-8,10H,9H2,(H,21,23)(H,22,24)/b19-10-. The van der Waals surface area contributed by atoms with Gasteiger partial charge in [0.05, 0.1) is 23.7 Å². The number of nitrogens with one attached hydrogen (secondary N) is 2. The Balaban J connectivity index is 1.73. The number of rotatable bonds is 4. The maximum absolute atomic E-state index is 13.4. The van der Waals surface area contributed by atoms with Crippen LogP contribution in [-0.4, -0.2) is 22.3 Å². The van der Waals surface area contributed by atoms with Crippen LogP contribution in [0.4, 0.5) is 4.39 Å². The van der Waals surface area contributed by atoms with Gasteiger partial charge in [-0.05, 0) is 12.1 Å². The number of halogens is 1. The van der Waals surface area contributed by atoms with Gasteiger partial charge in [0.2, 0.25) is 5.91 Å². The van der Waals surface area contributed by atoms with Gasteiger partial charge in [-0.1, -0.05) is 36.4 Å². The van der Waals surface area contributed by atoms with Crippen LogP contribution in [0.3, 0.4) is 0 Å². The zero-order chi connectivity index (χ0) is 16.9. The van der Waals surface area contributed by atoms with Crippen molar-refractivity contribution in [2.24, 2.45) is 5.10 Å². The van der Waals surface area contributed by atoms with Crippen LogP contribution in [0.15, 0.2) is 58.4 Å². The quantitative estimate of drug-likeness (QED) is 0.566. The Kier molecular flexibility index (Phi) is 4.42. The third kappa shape index (κ3) is 3.35. The molecule has 6 nitrogen and oxygen atoms in total. The number of aromatic amines is 1. The molecule has 0 unspecified atom stereocenters. The largest absolute Gasteiger partial charge is 0.273 e. The molecule has 24 heavy (non-hydrogen) atoms. The number of benzene rings is 2. The minimum absolute atomic E-state index is 0.0636. The number of hydrogen-bond donors (Lipinski definition) is 2. The Labute approximate surface area is 136 Å². The Bertz CT molecular complexity index is 981. The molecule has 0 bridgehead atoms. The molecular weight excluding hydrogens is 311 g/mol. The second-order valence-corrected chi connectivity index (χ2v) is 5.04. The van der Waals surface area contributed by atoms with Crippen molar-refractivity contribution >= 4 is 22.9 Å². The van der Waals surface area contributed by atoms with E-state index in [1.807, 2.05) is 0 Å². The molecule has 3 aromatic rings. The minimum atomic E-state index is -0.427. The topological polar surface area (TPSA) is 87.2 Å². The van der Waals surface area contributed by atoms with Gasteiger partial charge in [0.25, 0.3) is 5.56 Å². The molecule has 1 heterocycles. The first-order valence-corrected chi connectivity index (χ1v) is 7.18. The number of amides is 1. The summed E-state index contributed by atoms with van der Waals surface area (Å²) >= 11 is 0. The average molecular weight is 324 g/mol. The number of nitrogens with zero attached hydrogens (tertiary/aromatic N) is 2. The lowest BCUT2D eigenvalue weighted by molar-refractivity contribution is -0.120. The highest BCUT2D eigenvalue weighted by Gasteiger charge is 2.10. The third-order valence-corrected chi connectivity index (χ3v) is 3.40. The van der Waals surface area contributed by atoms with Gasteiger partial charge in [0.15, 0.2) is 0 Å². The lowest BCUT2D eigenvalue weighted by Gasteiger charge is -2.03. The Morgan fingerprint density at radius 1 is 1.17 bits per heavy atom. The fraction of sp³-hybridized carbons (Fsp3) is 0.0588. The molecule has 0 radical (unpaired) electrons. The number of carbonyl (C=O) groups excluding carboxylic acids is 1. The first-order chi connectivity index (χ1) is 11.6. The molecule has 0 aliphatic heterocycles. The van der Waals surface area contributed by atoms with Crippen molar-refractivity contribution in [2.45, 2.75) is 6.42 Å². The van der Waals surface area contributed by atoms with Gasteiger partial charge >= 0.3 is 0 Å². The van der Waals surface area contributed by atoms with Crippen LogP contribution < -0.4 is 11.0 Å². The van der Waals surface area contributed by atoms with Crippen LogP contribution in [0.2, 0.25) is 0 Å². The van der Waals surface area contributed by atoms with E-state index in [1.54, 1.807) is 42.5 Å². The molecule has 0 aliphatic carbocycles. The van der Waals surface area contributed by atoms with Crippen molar-refractivity contribution < 1.29 is 9.18 Å². The molecule has 1 aromatic heterocycles. The molecule has 0 atom stereocenters. The van der Waals surface area contributed by atoms with Gasteiger partial charge in [-0.25, -0.2) is 14.9 Å². The van der Waals surface area contributed by atoms with Crippen molar-refractivity contribution in [3.8, 4) is 0 Å². The molecule has 120 valence electrons. The SMILES string of the molecule is O=C(Cc1n[nH]c(=O)c2ccccc12)N/N=C\c1ccccc1F. The van der Waals surface area contributed by atoms with Crippen molar-refractivity contribution in [1.29, 1.82) is 0 Å². The number of hydrogen-bond acceptors (Lipinski definition) is 4. The molecule has 2 N–H and O–H groups in total. The number of carbonyl (C=O) groups is 1. The second kappa shape index (κ2) is 6.82. The van der Waals surface area contributed by atoms with Gasteiger partial charge in [-0.2, -0.15) is 10.2 Å². The van der Waals surface area contributed by atoms with Crippen LogP contribution in [0.1, 0.15) is 11.3 Å². The molecule has 0 aliphatic rings. The third-order valence-electron chi connectivity index (χ3n) is 3.40. The monoisotopic (exact) mass is 324 g/mol. The Hall–Kier alpha value is -3.35. The highest BCUT2D eigenvalue weighted by Crippen LogP contribution is 2.12. The number of fused-ring (bicyclic) bond motifs is 1.